The van der Waals surface area contributed by atoms with Crippen LogP contribution < -0.4 is 14.8 Å². The number of hydrogen-bond donors (Lipinski definition) is 1. The van der Waals surface area contributed by atoms with Gasteiger partial charge in [-0.1, -0.05) is 18.2 Å². The maximum absolute atomic E-state index is 12.5. The van der Waals surface area contributed by atoms with Crippen molar-refractivity contribution in [1.29, 1.82) is 0 Å². The lowest BCUT2D eigenvalue weighted by molar-refractivity contribution is -0.137. The van der Waals surface area contributed by atoms with Crippen LogP contribution in [-0.4, -0.2) is 19.2 Å². The molecular weight excluding hydrogens is 347 g/mol. The molecule has 0 saturated carbocycles. The minimum Gasteiger partial charge on any atom is -0.454 e. The number of ether oxygens (including phenoxy) is 2. The van der Waals surface area contributed by atoms with Crippen molar-refractivity contribution in [1.82, 2.24) is 5.32 Å². The number of alkyl halides is 3. The summed E-state index contributed by atoms with van der Waals surface area (Å²) in [5.74, 6) is 1.02. The smallest absolute Gasteiger partial charge is 0.416 e. The van der Waals surface area contributed by atoms with Crippen LogP contribution in [0.4, 0.5) is 13.2 Å². The third-order valence-corrected chi connectivity index (χ3v) is 3.82. The second kappa shape index (κ2) is 7.51. The highest BCUT2D eigenvalue weighted by molar-refractivity contribution is 5.91. The molecule has 1 heterocycles. The van der Waals surface area contributed by atoms with E-state index in [4.69, 9.17) is 9.47 Å². The summed E-state index contributed by atoms with van der Waals surface area (Å²) < 4.78 is 48.0. The van der Waals surface area contributed by atoms with Crippen molar-refractivity contribution in [2.24, 2.45) is 0 Å². The first-order valence-corrected chi connectivity index (χ1v) is 7.93. The largest absolute Gasteiger partial charge is 0.454 e. The molecule has 0 aliphatic carbocycles. The fourth-order valence-corrected chi connectivity index (χ4v) is 2.44. The van der Waals surface area contributed by atoms with Gasteiger partial charge in [-0.25, -0.2) is 0 Å². The summed E-state index contributed by atoms with van der Waals surface area (Å²) >= 11 is 0. The fraction of sp³-hybridized carbons (Fsp3) is 0.211. The Hall–Kier alpha value is -2.96. The van der Waals surface area contributed by atoms with Gasteiger partial charge in [-0.15, -0.1) is 0 Å². The molecule has 0 unspecified atom stereocenters. The molecule has 3 rings (SSSR count). The van der Waals surface area contributed by atoms with Crippen molar-refractivity contribution in [2.75, 3.05) is 13.3 Å². The van der Waals surface area contributed by atoms with E-state index in [1.807, 2.05) is 0 Å². The molecule has 4 nitrogen and oxygen atoms in total. The Morgan fingerprint density at radius 1 is 1.08 bits per heavy atom. The quantitative estimate of drug-likeness (QED) is 0.822. The van der Waals surface area contributed by atoms with Crippen molar-refractivity contribution in [3.63, 3.8) is 0 Å². The van der Waals surface area contributed by atoms with E-state index in [-0.39, 0.29) is 12.7 Å². The van der Waals surface area contributed by atoms with Gasteiger partial charge in [-0.05, 0) is 47.9 Å². The number of benzene rings is 2. The molecule has 0 aromatic heterocycles. The number of rotatable bonds is 5. The average Bonchev–Trinajstić information content (AvgIpc) is 3.07. The monoisotopic (exact) mass is 363 g/mol. The van der Waals surface area contributed by atoms with E-state index in [1.165, 1.54) is 18.2 Å². The van der Waals surface area contributed by atoms with E-state index in [9.17, 15) is 18.0 Å². The van der Waals surface area contributed by atoms with Gasteiger partial charge in [0.2, 0.25) is 12.7 Å². The third kappa shape index (κ3) is 4.56. The lowest BCUT2D eigenvalue weighted by atomic mass is 10.1. The Morgan fingerprint density at radius 2 is 1.81 bits per heavy atom. The van der Waals surface area contributed by atoms with Crippen molar-refractivity contribution in [3.8, 4) is 11.5 Å². The van der Waals surface area contributed by atoms with E-state index < -0.39 is 11.7 Å². The van der Waals surface area contributed by atoms with Crippen LogP contribution in [0.1, 0.15) is 16.7 Å². The van der Waals surface area contributed by atoms with Gasteiger partial charge in [0.05, 0.1) is 5.56 Å². The molecular formula is C19H16F3NO3. The van der Waals surface area contributed by atoms with Crippen LogP contribution in [0.25, 0.3) is 6.08 Å². The van der Waals surface area contributed by atoms with Crippen molar-refractivity contribution < 1.29 is 27.4 Å². The van der Waals surface area contributed by atoms with Crippen LogP contribution in [0.2, 0.25) is 0 Å². The van der Waals surface area contributed by atoms with Crippen LogP contribution in [0.3, 0.4) is 0 Å². The molecule has 2 aromatic rings. The fourth-order valence-electron chi connectivity index (χ4n) is 2.44. The van der Waals surface area contributed by atoms with Crippen molar-refractivity contribution in [3.05, 3.63) is 65.2 Å². The van der Waals surface area contributed by atoms with Gasteiger partial charge in [-0.2, -0.15) is 13.2 Å². The van der Waals surface area contributed by atoms with Crippen LogP contribution in [0, 0.1) is 0 Å². The highest BCUT2D eigenvalue weighted by Gasteiger charge is 2.29. The zero-order valence-corrected chi connectivity index (χ0v) is 13.7. The highest BCUT2D eigenvalue weighted by Crippen LogP contribution is 2.32. The third-order valence-electron chi connectivity index (χ3n) is 3.82. The molecule has 0 atom stereocenters. The van der Waals surface area contributed by atoms with Crippen LogP contribution >= 0.6 is 0 Å². The van der Waals surface area contributed by atoms with Crippen LogP contribution in [0.5, 0.6) is 11.5 Å². The van der Waals surface area contributed by atoms with Gasteiger partial charge in [0.15, 0.2) is 11.5 Å². The molecule has 1 aliphatic heterocycles. The predicted molar refractivity (Wildman–Crippen MR) is 89.8 cm³/mol. The first kappa shape index (κ1) is 17.8. The molecule has 1 N–H and O–H groups in total. The van der Waals surface area contributed by atoms with Crippen LogP contribution in [0.15, 0.2) is 48.5 Å². The topological polar surface area (TPSA) is 47.6 Å². The van der Waals surface area contributed by atoms with Crippen molar-refractivity contribution in [2.45, 2.75) is 12.6 Å². The number of nitrogens with one attached hydrogen (secondary N) is 1. The number of hydrogen-bond acceptors (Lipinski definition) is 3. The molecule has 136 valence electrons. The van der Waals surface area contributed by atoms with E-state index in [0.29, 0.717) is 24.5 Å². The summed E-state index contributed by atoms with van der Waals surface area (Å²) in [5.41, 5.74) is 0.835. The molecule has 0 bridgehead atoms. The number of halogens is 3. The molecule has 2 aromatic carbocycles. The van der Waals surface area contributed by atoms with E-state index in [1.54, 1.807) is 24.3 Å². The number of amides is 1. The summed E-state index contributed by atoms with van der Waals surface area (Å²) in [6.07, 6.45) is -0.853. The maximum Gasteiger partial charge on any atom is 0.416 e. The number of carbonyl (C=O) groups is 1. The van der Waals surface area contributed by atoms with E-state index in [2.05, 4.69) is 5.32 Å². The molecule has 1 amide bonds. The summed E-state index contributed by atoms with van der Waals surface area (Å²) in [6.45, 7) is 0.516. The van der Waals surface area contributed by atoms with E-state index >= 15 is 0 Å². The first-order valence-electron chi connectivity index (χ1n) is 7.93. The summed E-state index contributed by atoms with van der Waals surface area (Å²) in [7, 11) is 0. The Balaban J connectivity index is 1.47. The van der Waals surface area contributed by atoms with Gasteiger partial charge in [0, 0.05) is 12.6 Å². The minimum atomic E-state index is -4.34. The Kier molecular flexibility index (Phi) is 5.16. The zero-order chi connectivity index (χ0) is 18.6. The number of fused-ring (bicyclic) bond motifs is 1. The SMILES string of the molecule is O=C(C=Cc1ccc2c(c1)OCO2)NCCc1ccc(C(F)(F)F)cc1. The van der Waals surface area contributed by atoms with Crippen molar-refractivity contribution >= 4 is 12.0 Å². The molecule has 7 heteroatoms. The number of carbonyl (C=O) groups excluding carboxylic acids is 1. The second-order valence-electron chi connectivity index (χ2n) is 5.68. The van der Waals surface area contributed by atoms with Gasteiger partial charge in [0.1, 0.15) is 0 Å². The van der Waals surface area contributed by atoms with Gasteiger partial charge in [-0.3, -0.25) is 4.79 Å². The lowest BCUT2D eigenvalue weighted by Gasteiger charge is -2.07. The standard InChI is InChI=1S/C19H16F3NO3/c20-19(21,22)15-5-1-13(2-6-15)9-10-23-18(24)8-4-14-3-7-16-17(11-14)26-12-25-16/h1-8,11H,9-10,12H2,(H,23,24). The van der Waals surface area contributed by atoms with Gasteiger partial charge in [0.25, 0.3) is 0 Å². The Morgan fingerprint density at radius 3 is 2.54 bits per heavy atom. The molecule has 0 radical (unpaired) electrons. The second-order valence-corrected chi connectivity index (χ2v) is 5.68. The highest BCUT2D eigenvalue weighted by atomic mass is 19.4. The first-order chi connectivity index (χ1) is 12.4. The van der Waals surface area contributed by atoms with Gasteiger partial charge < -0.3 is 14.8 Å². The molecule has 0 saturated heterocycles. The maximum atomic E-state index is 12.5. The minimum absolute atomic E-state index is 0.187. The average molecular weight is 363 g/mol. The zero-order valence-electron chi connectivity index (χ0n) is 13.7. The van der Waals surface area contributed by atoms with E-state index in [0.717, 1.165) is 23.3 Å². The molecule has 0 fully saturated rings. The summed E-state index contributed by atoms with van der Waals surface area (Å²) in [4.78, 5) is 11.8. The molecule has 0 spiro atoms. The van der Waals surface area contributed by atoms with Crippen LogP contribution in [-0.2, 0) is 17.4 Å². The normalized spacial score (nSPS) is 13.2. The predicted octanol–water partition coefficient (Wildman–Crippen LogP) is 3.81. The van der Waals surface area contributed by atoms with Gasteiger partial charge >= 0.3 is 6.18 Å². The lowest BCUT2D eigenvalue weighted by Crippen LogP contribution is -2.23. The Bertz CT molecular complexity index is 814. The Labute approximate surface area is 148 Å². The molecule has 1 aliphatic rings. The summed E-state index contributed by atoms with van der Waals surface area (Å²) in [5, 5.41) is 2.69. The molecule has 26 heavy (non-hydrogen) atoms. The summed E-state index contributed by atoms with van der Waals surface area (Å²) in [6, 6.07) is 10.3.